The monoisotopic (exact) mass is 460 g/mol. The van der Waals surface area contributed by atoms with Gasteiger partial charge in [0.05, 0.1) is 36.4 Å². The molecule has 1 saturated heterocycles. The number of aromatic amines is 1. The minimum atomic E-state index is -3.27. The van der Waals surface area contributed by atoms with Gasteiger partial charge in [0, 0.05) is 31.5 Å². The number of anilines is 2. The van der Waals surface area contributed by atoms with Crippen LogP contribution in [0.2, 0.25) is 0 Å². The van der Waals surface area contributed by atoms with Crippen LogP contribution >= 0.6 is 0 Å². The molecule has 2 atom stereocenters. The Balaban J connectivity index is 1.67. The van der Waals surface area contributed by atoms with E-state index in [9.17, 15) is 13.5 Å². The molecule has 0 aromatic carbocycles. The Hall–Kier alpha value is -2.83. The van der Waals surface area contributed by atoms with Gasteiger partial charge in [-0.3, -0.25) is 0 Å². The minimum Gasteiger partial charge on any atom is -0.394 e. The molecule has 0 spiro atoms. The van der Waals surface area contributed by atoms with Gasteiger partial charge in [-0.2, -0.15) is 4.98 Å². The van der Waals surface area contributed by atoms with Gasteiger partial charge in [-0.05, 0) is 25.3 Å². The molecule has 4 rings (SSSR count). The van der Waals surface area contributed by atoms with Crippen LogP contribution in [0, 0.1) is 0 Å². The highest BCUT2D eigenvalue weighted by Crippen LogP contribution is 2.28. The quantitative estimate of drug-likeness (QED) is 0.391. The van der Waals surface area contributed by atoms with E-state index in [2.05, 4.69) is 35.6 Å². The van der Waals surface area contributed by atoms with Crippen molar-refractivity contribution in [3.63, 3.8) is 0 Å². The zero-order valence-electron chi connectivity index (χ0n) is 18.1. The number of aliphatic hydroxyl groups excluding tert-OH is 1. The van der Waals surface area contributed by atoms with Crippen LogP contribution in [0.5, 0.6) is 0 Å². The Morgan fingerprint density at radius 1 is 1.31 bits per heavy atom. The first-order valence-electron chi connectivity index (χ1n) is 10.6. The molecule has 32 heavy (non-hydrogen) atoms. The van der Waals surface area contributed by atoms with E-state index < -0.39 is 10.0 Å². The molecule has 11 nitrogen and oxygen atoms in total. The number of sulfonamides is 1. The third-order valence-electron chi connectivity index (χ3n) is 5.57. The molecule has 1 fully saturated rings. The van der Waals surface area contributed by atoms with Gasteiger partial charge < -0.3 is 20.7 Å². The van der Waals surface area contributed by atoms with Crippen LogP contribution in [0.25, 0.3) is 22.4 Å². The van der Waals surface area contributed by atoms with Crippen LogP contribution in [0.1, 0.15) is 26.2 Å². The number of piperidine rings is 1. The first-order valence-corrected chi connectivity index (χ1v) is 12.5. The molecule has 2 unspecified atom stereocenters. The average molecular weight is 461 g/mol. The molecule has 0 saturated carbocycles. The summed E-state index contributed by atoms with van der Waals surface area (Å²) in [7, 11) is -3.27. The SMILES string of the molecule is CCC(CO)Nc1ncc(-c2cnc3[nH]ccc3n2)c(NC2CCCN(S(C)(=O)=O)C2)n1. The van der Waals surface area contributed by atoms with Gasteiger partial charge in [0.2, 0.25) is 16.0 Å². The van der Waals surface area contributed by atoms with E-state index in [4.69, 9.17) is 0 Å². The number of hydrogen-bond acceptors (Lipinski definition) is 9. The van der Waals surface area contributed by atoms with Crippen molar-refractivity contribution in [1.29, 1.82) is 0 Å². The van der Waals surface area contributed by atoms with Crippen molar-refractivity contribution in [3.05, 3.63) is 24.7 Å². The second kappa shape index (κ2) is 9.35. The molecule has 4 N–H and O–H groups in total. The van der Waals surface area contributed by atoms with Crippen LogP contribution in [0.15, 0.2) is 24.7 Å². The Bertz CT molecular complexity index is 1180. The lowest BCUT2D eigenvalue weighted by atomic mass is 10.1. The number of aliphatic hydroxyl groups is 1. The summed E-state index contributed by atoms with van der Waals surface area (Å²) in [5, 5.41) is 16.1. The first kappa shape index (κ1) is 22.4. The third-order valence-corrected chi connectivity index (χ3v) is 6.84. The normalized spacial score (nSPS) is 18.5. The van der Waals surface area contributed by atoms with Crippen molar-refractivity contribution < 1.29 is 13.5 Å². The van der Waals surface area contributed by atoms with Gasteiger partial charge in [0.15, 0.2) is 5.65 Å². The molecule has 0 amide bonds. The number of H-pyrrole nitrogens is 1. The highest BCUT2D eigenvalue weighted by molar-refractivity contribution is 7.88. The lowest BCUT2D eigenvalue weighted by molar-refractivity contribution is 0.271. The average Bonchev–Trinajstić information content (AvgIpc) is 3.25. The summed E-state index contributed by atoms with van der Waals surface area (Å²) in [4.78, 5) is 21.1. The maximum atomic E-state index is 12.0. The number of aromatic nitrogens is 5. The highest BCUT2D eigenvalue weighted by Gasteiger charge is 2.27. The molecule has 0 radical (unpaired) electrons. The summed E-state index contributed by atoms with van der Waals surface area (Å²) >= 11 is 0. The van der Waals surface area contributed by atoms with Crippen molar-refractivity contribution in [2.75, 3.05) is 36.6 Å². The summed E-state index contributed by atoms with van der Waals surface area (Å²) in [5.74, 6) is 0.920. The minimum absolute atomic E-state index is 0.0358. The molecule has 1 aliphatic rings. The van der Waals surface area contributed by atoms with Crippen molar-refractivity contribution >= 4 is 33.0 Å². The predicted molar refractivity (Wildman–Crippen MR) is 123 cm³/mol. The van der Waals surface area contributed by atoms with Gasteiger partial charge in [0.1, 0.15) is 11.3 Å². The van der Waals surface area contributed by atoms with E-state index in [1.54, 1.807) is 18.6 Å². The fourth-order valence-electron chi connectivity index (χ4n) is 3.72. The van der Waals surface area contributed by atoms with Crippen LogP contribution in [0.4, 0.5) is 11.8 Å². The van der Waals surface area contributed by atoms with Gasteiger partial charge in [-0.15, -0.1) is 0 Å². The van der Waals surface area contributed by atoms with Crippen molar-refractivity contribution in [3.8, 4) is 11.3 Å². The molecule has 3 aromatic heterocycles. The highest BCUT2D eigenvalue weighted by atomic mass is 32.2. The standard InChI is InChI=1S/C20H28N8O3S/c1-3-13(12-29)25-20-23-9-15(17-10-22-19-16(26-17)6-7-21-19)18(27-20)24-14-5-4-8-28(11-14)32(2,30)31/h6-7,9-10,13-14,29H,3-5,8,11-12H2,1-2H3,(H,21,22)(H2,23,24,25,27). The second-order valence-corrected chi connectivity index (χ2v) is 9.94. The van der Waals surface area contributed by atoms with Gasteiger partial charge in [0.25, 0.3) is 0 Å². The van der Waals surface area contributed by atoms with Gasteiger partial charge in [-0.1, -0.05) is 6.92 Å². The topological polar surface area (TPSA) is 149 Å². The molecule has 172 valence electrons. The zero-order chi connectivity index (χ0) is 22.7. The summed E-state index contributed by atoms with van der Waals surface area (Å²) in [5.41, 5.74) is 2.69. The Morgan fingerprint density at radius 3 is 2.91 bits per heavy atom. The van der Waals surface area contributed by atoms with Crippen LogP contribution in [-0.4, -0.2) is 80.8 Å². The van der Waals surface area contributed by atoms with E-state index in [1.165, 1.54) is 10.6 Å². The molecule has 0 aliphatic carbocycles. The first-order chi connectivity index (χ1) is 15.4. The number of nitrogens with zero attached hydrogens (tertiary/aromatic N) is 5. The third kappa shape index (κ3) is 4.97. The molecular formula is C20H28N8O3S. The van der Waals surface area contributed by atoms with E-state index in [0.717, 1.165) is 18.4 Å². The zero-order valence-corrected chi connectivity index (χ0v) is 18.9. The van der Waals surface area contributed by atoms with Crippen LogP contribution < -0.4 is 10.6 Å². The lowest BCUT2D eigenvalue weighted by Gasteiger charge is -2.32. The van der Waals surface area contributed by atoms with E-state index >= 15 is 0 Å². The maximum absolute atomic E-state index is 12.0. The number of hydrogen-bond donors (Lipinski definition) is 4. The molecule has 3 aromatic rings. The Kier molecular flexibility index (Phi) is 6.53. The maximum Gasteiger partial charge on any atom is 0.224 e. The summed E-state index contributed by atoms with van der Waals surface area (Å²) in [6, 6.07) is 1.57. The predicted octanol–water partition coefficient (Wildman–Crippen LogP) is 1.43. The molecule has 4 heterocycles. The summed E-state index contributed by atoms with van der Waals surface area (Å²) < 4.78 is 25.5. The van der Waals surface area contributed by atoms with Crippen LogP contribution in [0.3, 0.4) is 0 Å². The molecule has 1 aliphatic heterocycles. The van der Waals surface area contributed by atoms with Crippen molar-refractivity contribution in [2.45, 2.75) is 38.3 Å². The van der Waals surface area contributed by atoms with Gasteiger partial charge >= 0.3 is 0 Å². The summed E-state index contributed by atoms with van der Waals surface area (Å²) in [6.07, 6.45) is 8.62. The van der Waals surface area contributed by atoms with E-state index in [-0.39, 0.29) is 18.7 Å². The number of fused-ring (bicyclic) bond motifs is 1. The number of rotatable bonds is 8. The Labute approximate surface area is 186 Å². The smallest absolute Gasteiger partial charge is 0.224 e. The summed E-state index contributed by atoms with van der Waals surface area (Å²) in [6.45, 7) is 2.81. The van der Waals surface area contributed by atoms with Crippen LogP contribution in [-0.2, 0) is 10.0 Å². The molecule has 12 heteroatoms. The second-order valence-electron chi connectivity index (χ2n) is 7.96. The molecular weight excluding hydrogens is 432 g/mol. The number of nitrogens with one attached hydrogen (secondary N) is 3. The largest absolute Gasteiger partial charge is 0.394 e. The van der Waals surface area contributed by atoms with Crippen molar-refractivity contribution in [2.24, 2.45) is 0 Å². The Morgan fingerprint density at radius 2 is 2.16 bits per heavy atom. The molecule has 0 bridgehead atoms. The van der Waals surface area contributed by atoms with Crippen molar-refractivity contribution in [1.82, 2.24) is 29.2 Å². The van der Waals surface area contributed by atoms with Gasteiger partial charge in [-0.25, -0.2) is 27.7 Å². The van der Waals surface area contributed by atoms with E-state index in [0.29, 0.717) is 48.2 Å². The fraction of sp³-hybridized carbons (Fsp3) is 0.500. The van der Waals surface area contributed by atoms with E-state index in [1.807, 2.05) is 13.0 Å². The lowest BCUT2D eigenvalue weighted by Crippen LogP contribution is -2.44. The fourth-order valence-corrected chi connectivity index (χ4v) is 4.63.